The molecule has 2 amide bonds. The summed E-state index contributed by atoms with van der Waals surface area (Å²) >= 11 is 0. The van der Waals surface area contributed by atoms with Gasteiger partial charge in [-0.1, -0.05) is 57.9 Å². The van der Waals surface area contributed by atoms with Crippen LogP contribution in [-0.2, 0) is 18.4 Å². The Labute approximate surface area is 238 Å². The molecule has 1 fully saturated rings. The maximum absolute atomic E-state index is 13.3. The lowest BCUT2D eigenvalue weighted by atomic mass is 9.86. The molecule has 7 heteroatoms. The Hall–Kier alpha value is -3.55. The van der Waals surface area contributed by atoms with Gasteiger partial charge in [-0.25, -0.2) is 0 Å². The van der Waals surface area contributed by atoms with Gasteiger partial charge in [0, 0.05) is 60.3 Å². The third kappa shape index (κ3) is 7.99. The Morgan fingerprint density at radius 1 is 0.975 bits per heavy atom. The first-order valence-corrected chi connectivity index (χ1v) is 14.3. The van der Waals surface area contributed by atoms with Gasteiger partial charge in [0.15, 0.2) is 0 Å². The largest absolute Gasteiger partial charge is 0.348 e. The van der Waals surface area contributed by atoms with Crippen molar-refractivity contribution >= 4 is 17.5 Å². The highest BCUT2D eigenvalue weighted by molar-refractivity contribution is 6.05. The molecule has 0 saturated heterocycles. The SMILES string of the molecule is CN(CCc1ccccn1)Cc1ccc(C(=O)NC2CCCCC2N)cc1NC(=O)c1ccc(C(C)(C)C)cc1. The van der Waals surface area contributed by atoms with E-state index in [4.69, 9.17) is 5.73 Å². The molecule has 1 aliphatic rings. The second kappa shape index (κ2) is 13.2. The Kier molecular flexibility index (Phi) is 9.71. The number of hydrogen-bond acceptors (Lipinski definition) is 5. The summed E-state index contributed by atoms with van der Waals surface area (Å²) in [6.07, 6.45) is 6.60. The summed E-state index contributed by atoms with van der Waals surface area (Å²) < 4.78 is 0. The van der Waals surface area contributed by atoms with Gasteiger partial charge in [0.25, 0.3) is 11.8 Å². The van der Waals surface area contributed by atoms with Gasteiger partial charge >= 0.3 is 0 Å². The average molecular weight is 542 g/mol. The number of nitrogens with zero attached hydrogens (tertiary/aromatic N) is 2. The Bertz CT molecular complexity index is 1280. The highest BCUT2D eigenvalue weighted by Gasteiger charge is 2.24. The Balaban J connectivity index is 1.53. The first-order valence-electron chi connectivity index (χ1n) is 14.3. The van der Waals surface area contributed by atoms with Crippen LogP contribution < -0.4 is 16.4 Å². The van der Waals surface area contributed by atoms with Gasteiger partial charge in [0.1, 0.15) is 0 Å². The molecular weight excluding hydrogens is 498 g/mol. The van der Waals surface area contributed by atoms with Crippen LogP contribution in [0.4, 0.5) is 5.69 Å². The molecule has 0 aliphatic heterocycles. The minimum Gasteiger partial charge on any atom is -0.348 e. The smallest absolute Gasteiger partial charge is 0.255 e. The fourth-order valence-electron chi connectivity index (χ4n) is 5.10. The molecule has 2 unspecified atom stereocenters. The number of benzene rings is 2. The molecule has 0 spiro atoms. The van der Waals surface area contributed by atoms with E-state index in [0.717, 1.165) is 49.9 Å². The van der Waals surface area contributed by atoms with Gasteiger partial charge in [-0.05, 0) is 72.8 Å². The maximum atomic E-state index is 13.3. The molecule has 4 rings (SSSR count). The van der Waals surface area contributed by atoms with E-state index in [1.54, 1.807) is 12.3 Å². The van der Waals surface area contributed by atoms with Crippen molar-refractivity contribution in [1.29, 1.82) is 0 Å². The van der Waals surface area contributed by atoms with Crippen molar-refractivity contribution in [2.24, 2.45) is 5.73 Å². The zero-order valence-corrected chi connectivity index (χ0v) is 24.2. The van der Waals surface area contributed by atoms with Crippen molar-refractivity contribution in [3.05, 3.63) is 94.8 Å². The number of rotatable bonds is 9. The fourth-order valence-corrected chi connectivity index (χ4v) is 5.10. The van der Waals surface area contributed by atoms with Crippen molar-refractivity contribution in [1.82, 2.24) is 15.2 Å². The maximum Gasteiger partial charge on any atom is 0.255 e. The van der Waals surface area contributed by atoms with Crippen molar-refractivity contribution < 1.29 is 9.59 Å². The number of pyridine rings is 1. The Morgan fingerprint density at radius 2 is 1.70 bits per heavy atom. The number of likely N-dealkylation sites (N-methyl/N-ethyl adjacent to an activating group) is 1. The van der Waals surface area contributed by atoms with Crippen LogP contribution in [0.5, 0.6) is 0 Å². The third-order valence-corrected chi connectivity index (χ3v) is 7.69. The van der Waals surface area contributed by atoms with Crippen LogP contribution in [-0.4, -0.2) is 47.4 Å². The van der Waals surface area contributed by atoms with Crippen LogP contribution in [0.3, 0.4) is 0 Å². The zero-order valence-electron chi connectivity index (χ0n) is 24.2. The number of hydrogen-bond donors (Lipinski definition) is 3. The monoisotopic (exact) mass is 541 g/mol. The number of nitrogens with two attached hydrogens (primary N) is 1. The number of carbonyl (C=O) groups is 2. The second-order valence-electron chi connectivity index (χ2n) is 12.0. The zero-order chi connectivity index (χ0) is 28.7. The lowest BCUT2D eigenvalue weighted by Gasteiger charge is -2.29. The van der Waals surface area contributed by atoms with E-state index in [1.165, 1.54) is 5.56 Å². The summed E-state index contributed by atoms with van der Waals surface area (Å²) in [5.41, 5.74) is 11.1. The van der Waals surface area contributed by atoms with Crippen molar-refractivity contribution in [3.63, 3.8) is 0 Å². The first-order chi connectivity index (χ1) is 19.1. The molecule has 4 N–H and O–H groups in total. The van der Waals surface area contributed by atoms with Crippen LogP contribution in [0.2, 0.25) is 0 Å². The minimum atomic E-state index is -0.204. The number of carbonyl (C=O) groups excluding carboxylic acids is 2. The van der Waals surface area contributed by atoms with Crippen LogP contribution >= 0.6 is 0 Å². The predicted octanol–water partition coefficient (Wildman–Crippen LogP) is 5.31. The van der Waals surface area contributed by atoms with E-state index >= 15 is 0 Å². The first kappa shape index (κ1) is 29.4. The van der Waals surface area contributed by atoms with Crippen LogP contribution in [0.1, 0.15) is 84.0 Å². The third-order valence-electron chi connectivity index (χ3n) is 7.69. The molecule has 2 aromatic carbocycles. The van der Waals surface area contributed by atoms with Crippen molar-refractivity contribution in [2.45, 2.75) is 76.9 Å². The van der Waals surface area contributed by atoms with Gasteiger partial charge in [-0.2, -0.15) is 0 Å². The standard InChI is InChI=1S/C33H43N5O2/c1-33(2,3)26-16-14-23(15-17-26)31(39)37-30-21-24(32(40)36-29-11-6-5-10-28(29)34)12-13-25(30)22-38(4)20-18-27-9-7-8-19-35-27/h7-9,12-17,19,21,28-29H,5-6,10-11,18,20,22,34H2,1-4H3,(H,36,40)(H,37,39). The van der Waals surface area contributed by atoms with Gasteiger partial charge in [-0.15, -0.1) is 0 Å². The van der Waals surface area contributed by atoms with Gasteiger partial charge in [0.05, 0.1) is 0 Å². The Morgan fingerprint density at radius 3 is 2.38 bits per heavy atom. The number of anilines is 1. The van der Waals surface area contributed by atoms with Gasteiger partial charge in [-0.3, -0.25) is 14.6 Å². The molecule has 212 valence electrons. The number of nitrogens with one attached hydrogen (secondary N) is 2. The van der Waals surface area contributed by atoms with Crippen LogP contribution in [0, 0.1) is 0 Å². The summed E-state index contributed by atoms with van der Waals surface area (Å²) in [6.45, 7) is 7.86. The van der Waals surface area contributed by atoms with E-state index in [0.29, 0.717) is 23.4 Å². The normalized spacial score (nSPS) is 17.4. The fraction of sp³-hybridized carbons (Fsp3) is 0.424. The molecule has 1 aromatic heterocycles. The van der Waals surface area contributed by atoms with Crippen LogP contribution in [0.25, 0.3) is 0 Å². The second-order valence-corrected chi connectivity index (χ2v) is 12.0. The molecular formula is C33H43N5O2. The summed E-state index contributed by atoms with van der Waals surface area (Å²) in [5.74, 6) is -0.368. The lowest BCUT2D eigenvalue weighted by Crippen LogP contribution is -2.49. The number of amides is 2. The summed E-state index contributed by atoms with van der Waals surface area (Å²) in [4.78, 5) is 33.1. The minimum absolute atomic E-state index is 0.00456. The molecule has 1 aliphatic carbocycles. The quantitative estimate of drug-likeness (QED) is 0.341. The summed E-state index contributed by atoms with van der Waals surface area (Å²) in [6, 6.07) is 19.1. The topological polar surface area (TPSA) is 100 Å². The van der Waals surface area contributed by atoms with E-state index < -0.39 is 0 Å². The van der Waals surface area contributed by atoms with Crippen molar-refractivity contribution in [2.75, 3.05) is 18.9 Å². The predicted molar refractivity (Wildman–Crippen MR) is 162 cm³/mol. The summed E-state index contributed by atoms with van der Waals surface area (Å²) in [7, 11) is 2.05. The van der Waals surface area contributed by atoms with E-state index in [9.17, 15) is 9.59 Å². The van der Waals surface area contributed by atoms with Gasteiger partial charge in [0.2, 0.25) is 0 Å². The summed E-state index contributed by atoms with van der Waals surface area (Å²) in [5, 5.41) is 6.21. The number of aromatic nitrogens is 1. The highest BCUT2D eigenvalue weighted by atomic mass is 16.2. The van der Waals surface area contributed by atoms with E-state index in [-0.39, 0.29) is 29.3 Å². The molecule has 40 heavy (non-hydrogen) atoms. The van der Waals surface area contributed by atoms with Crippen LogP contribution in [0.15, 0.2) is 66.9 Å². The molecule has 3 aromatic rings. The molecule has 7 nitrogen and oxygen atoms in total. The highest BCUT2D eigenvalue weighted by Crippen LogP contribution is 2.25. The van der Waals surface area contributed by atoms with E-state index in [1.807, 2.05) is 61.6 Å². The van der Waals surface area contributed by atoms with E-state index in [2.05, 4.69) is 41.3 Å². The van der Waals surface area contributed by atoms with Crippen molar-refractivity contribution in [3.8, 4) is 0 Å². The van der Waals surface area contributed by atoms with Gasteiger partial charge < -0.3 is 21.3 Å². The molecule has 1 heterocycles. The molecule has 2 atom stereocenters. The molecule has 0 bridgehead atoms. The molecule has 0 radical (unpaired) electrons. The lowest BCUT2D eigenvalue weighted by molar-refractivity contribution is 0.0920. The molecule has 1 saturated carbocycles. The average Bonchev–Trinajstić information content (AvgIpc) is 2.94.